The van der Waals surface area contributed by atoms with E-state index in [0.29, 0.717) is 6.54 Å². The zero-order chi connectivity index (χ0) is 16.8. The van der Waals surface area contributed by atoms with Crippen molar-refractivity contribution in [3.8, 4) is 0 Å². The first-order valence-corrected chi connectivity index (χ1v) is 8.79. The summed E-state index contributed by atoms with van der Waals surface area (Å²) in [6.07, 6.45) is 1.85. The number of amides is 2. The van der Waals surface area contributed by atoms with Crippen LogP contribution in [0.5, 0.6) is 0 Å². The molecule has 0 aromatic carbocycles. The Kier molecular flexibility index (Phi) is 5.87. The molecule has 1 aromatic rings. The molecule has 2 fully saturated rings. The summed E-state index contributed by atoms with van der Waals surface area (Å²) in [7, 11) is 0. The molecule has 2 amide bonds. The number of carbonyl (C=O) groups excluding carboxylic acids is 1. The van der Waals surface area contributed by atoms with Crippen molar-refractivity contribution < 1.29 is 9.53 Å². The number of morpholine rings is 1. The molecule has 24 heavy (non-hydrogen) atoms. The minimum Gasteiger partial charge on any atom is -0.378 e. The van der Waals surface area contributed by atoms with Gasteiger partial charge in [0.25, 0.3) is 0 Å². The van der Waals surface area contributed by atoms with Crippen LogP contribution in [-0.2, 0) is 11.3 Å². The van der Waals surface area contributed by atoms with E-state index < -0.39 is 0 Å². The largest absolute Gasteiger partial charge is 0.378 e. The number of nitrogens with zero attached hydrogens (tertiary/aromatic N) is 4. The van der Waals surface area contributed by atoms with Crippen LogP contribution in [-0.4, -0.2) is 79.8 Å². The molecule has 0 atom stereocenters. The van der Waals surface area contributed by atoms with Gasteiger partial charge in [0.05, 0.1) is 13.2 Å². The van der Waals surface area contributed by atoms with E-state index in [1.807, 2.05) is 23.2 Å². The van der Waals surface area contributed by atoms with E-state index in [4.69, 9.17) is 4.74 Å². The van der Waals surface area contributed by atoms with Crippen LogP contribution in [0.2, 0.25) is 0 Å². The molecule has 7 nitrogen and oxygen atoms in total. The van der Waals surface area contributed by atoms with Gasteiger partial charge in [0.1, 0.15) is 5.82 Å². The van der Waals surface area contributed by atoms with Crippen molar-refractivity contribution in [1.29, 1.82) is 0 Å². The fourth-order valence-electron chi connectivity index (χ4n) is 3.06. The highest BCUT2D eigenvalue weighted by Crippen LogP contribution is 2.13. The average Bonchev–Trinajstić information content (AvgIpc) is 2.67. The number of rotatable bonds is 4. The Morgan fingerprint density at radius 2 is 1.92 bits per heavy atom. The second kappa shape index (κ2) is 8.30. The van der Waals surface area contributed by atoms with Crippen LogP contribution >= 0.6 is 0 Å². The number of carbonyl (C=O) groups is 1. The van der Waals surface area contributed by atoms with Crippen LogP contribution < -0.4 is 10.2 Å². The van der Waals surface area contributed by atoms with Crippen LogP contribution in [0.1, 0.15) is 12.5 Å². The van der Waals surface area contributed by atoms with Crippen molar-refractivity contribution in [3.63, 3.8) is 0 Å². The maximum Gasteiger partial charge on any atom is 0.317 e. The first kappa shape index (κ1) is 17.0. The van der Waals surface area contributed by atoms with Crippen molar-refractivity contribution >= 4 is 11.8 Å². The Morgan fingerprint density at radius 3 is 2.54 bits per heavy atom. The molecule has 1 N–H and O–H groups in total. The lowest BCUT2D eigenvalue weighted by Gasteiger charge is -2.34. The van der Waals surface area contributed by atoms with E-state index >= 15 is 0 Å². The topological polar surface area (TPSA) is 60.9 Å². The van der Waals surface area contributed by atoms with Gasteiger partial charge >= 0.3 is 6.03 Å². The summed E-state index contributed by atoms with van der Waals surface area (Å²) in [5.41, 5.74) is 1.02. The summed E-state index contributed by atoms with van der Waals surface area (Å²) >= 11 is 0. The highest BCUT2D eigenvalue weighted by molar-refractivity contribution is 5.74. The lowest BCUT2D eigenvalue weighted by Crippen LogP contribution is -2.51. The molecule has 3 rings (SSSR count). The molecule has 2 aliphatic rings. The van der Waals surface area contributed by atoms with Crippen molar-refractivity contribution in [1.82, 2.24) is 20.1 Å². The van der Waals surface area contributed by atoms with Crippen LogP contribution in [0.4, 0.5) is 10.6 Å². The SMILES string of the molecule is CCN1CCN(C(=O)NCc2ccc(N3CCOCC3)nc2)CC1. The van der Waals surface area contributed by atoms with Gasteiger partial charge in [-0.2, -0.15) is 0 Å². The predicted molar refractivity (Wildman–Crippen MR) is 93.2 cm³/mol. The summed E-state index contributed by atoms with van der Waals surface area (Å²) in [4.78, 5) is 23.2. The molecule has 7 heteroatoms. The summed E-state index contributed by atoms with van der Waals surface area (Å²) in [6, 6.07) is 4.07. The van der Waals surface area contributed by atoms with E-state index in [1.54, 1.807) is 0 Å². The normalized spacial score (nSPS) is 19.4. The number of hydrogen-bond acceptors (Lipinski definition) is 5. The van der Waals surface area contributed by atoms with Gasteiger partial charge in [0, 0.05) is 52.0 Å². The number of urea groups is 1. The molecule has 0 unspecified atom stereocenters. The van der Waals surface area contributed by atoms with Crippen LogP contribution in [0.15, 0.2) is 18.3 Å². The molecule has 132 valence electrons. The van der Waals surface area contributed by atoms with Crippen molar-refractivity contribution in [2.75, 3.05) is 63.9 Å². The highest BCUT2D eigenvalue weighted by Gasteiger charge is 2.19. The average molecular weight is 333 g/mol. The van der Waals surface area contributed by atoms with Crippen molar-refractivity contribution in [2.45, 2.75) is 13.5 Å². The summed E-state index contributed by atoms with van der Waals surface area (Å²) in [5, 5.41) is 3.00. The van der Waals surface area contributed by atoms with Crippen LogP contribution in [0.25, 0.3) is 0 Å². The standard InChI is InChI=1S/C17H27N5O2/c1-2-20-5-7-22(8-6-20)17(23)19-14-15-3-4-16(18-13-15)21-9-11-24-12-10-21/h3-4,13H,2,5-12,14H2,1H3,(H,19,23). The molecule has 0 aliphatic carbocycles. The molecular formula is C17H27N5O2. The third-order valence-electron chi connectivity index (χ3n) is 4.69. The predicted octanol–water partition coefficient (Wildman–Crippen LogP) is 0.765. The number of anilines is 1. The maximum absolute atomic E-state index is 12.2. The maximum atomic E-state index is 12.2. The minimum atomic E-state index is 0.0167. The van der Waals surface area contributed by atoms with Gasteiger partial charge in [-0.3, -0.25) is 0 Å². The van der Waals surface area contributed by atoms with Crippen molar-refractivity contribution in [3.05, 3.63) is 23.9 Å². The van der Waals surface area contributed by atoms with Crippen LogP contribution in [0, 0.1) is 0 Å². The second-order valence-electron chi connectivity index (χ2n) is 6.20. The Morgan fingerprint density at radius 1 is 1.17 bits per heavy atom. The lowest BCUT2D eigenvalue weighted by atomic mass is 10.2. The van der Waals surface area contributed by atoms with Gasteiger partial charge in [-0.1, -0.05) is 13.0 Å². The molecule has 2 saturated heterocycles. The van der Waals surface area contributed by atoms with Crippen molar-refractivity contribution in [2.24, 2.45) is 0 Å². The fourth-order valence-corrected chi connectivity index (χ4v) is 3.06. The third kappa shape index (κ3) is 4.36. The third-order valence-corrected chi connectivity index (χ3v) is 4.69. The van der Waals surface area contributed by atoms with Gasteiger partial charge in [-0.15, -0.1) is 0 Å². The Hall–Kier alpha value is -1.86. The lowest BCUT2D eigenvalue weighted by molar-refractivity contribution is 0.122. The Labute approximate surface area is 143 Å². The number of aromatic nitrogens is 1. The summed E-state index contributed by atoms with van der Waals surface area (Å²) < 4.78 is 5.36. The first-order valence-electron chi connectivity index (χ1n) is 8.79. The van der Waals surface area contributed by atoms with Gasteiger partial charge in [-0.25, -0.2) is 9.78 Å². The Bertz CT molecular complexity index is 522. The van der Waals surface area contributed by atoms with E-state index in [-0.39, 0.29) is 6.03 Å². The number of pyridine rings is 1. The van der Waals surface area contributed by atoms with Gasteiger partial charge < -0.3 is 24.8 Å². The highest BCUT2D eigenvalue weighted by atomic mass is 16.5. The molecule has 0 saturated carbocycles. The summed E-state index contributed by atoms with van der Waals surface area (Å²) in [6.45, 7) is 10.5. The van der Waals surface area contributed by atoms with E-state index in [0.717, 1.165) is 70.4 Å². The molecule has 0 radical (unpaired) electrons. The zero-order valence-corrected chi connectivity index (χ0v) is 14.4. The second-order valence-corrected chi connectivity index (χ2v) is 6.20. The molecule has 0 bridgehead atoms. The molecule has 0 spiro atoms. The molecule has 2 aliphatic heterocycles. The first-order chi connectivity index (χ1) is 11.8. The molecule has 1 aromatic heterocycles. The summed E-state index contributed by atoms with van der Waals surface area (Å²) in [5.74, 6) is 0.976. The molecular weight excluding hydrogens is 306 g/mol. The number of ether oxygens (including phenoxy) is 1. The smallest absolute Gasteiger partial charge is 0.317 e. The number of likely N-dealkylation sites (N-methyl/N-ethyl adjacent to an activating group) is 1. The van der Waals surface area contributed by atoms with E-state index in [1.165, 1.54) is 0 Å². The van der Waals surface area contributed by atoms with Gasteiger partial charge in [-0.05, 0) is 18.2 Å². The number of piperazine rings is 1. The number of nitrogens with one attached hydrogen (secondary N) is 1. The van der Waals surface area contributed by atoms with E-state index in [2.05, 4.69) is 27.0 Å². The van der Waals surface area contributed by atoms with E-state index in [9.17, 15) is 4.79 Å². The van der Waals surface area contributed by atoms with Gasteiger partial charge in [0.15, 0.2) is 0 Å². The zero-order valence-electron chi connectivity index (χ0n) is 14.4. The minimum absolute atomic E-state index is 0.0167. The Balaban J connectivity index is 1.45. The fraction of sp³-hybridized carbons (Fsp3) is 0.647. The monoisotopic (exact) mass is 333 g/mol. The molecule has 3 heterocycles. The van der Waals surface area contributed by atoms with Gasteiger partial charge in [0.2, 0.25) is 0 Å². The number of hydrogen-bond donors (Lipinski definition) is 1. The van der Waals surface area contributed by atoms with Crippen LogP contribution in [0.3, 0.4) is 0 Å². The quantitative estimate of drug-likeness (QED) is 0.882.